The standard InChI is InChI=1S/C12H16N4OS/c1-2-13-11-14-7-10(18-11)8-15-5-6-16(12(15)17)9-3-4-9/h5-7,9H,2-4,8H2,1H3,(H,13,14). The number of rotatable bonds is 5. The minimum Gasteiger partial charge on any atom is -0.362 e. The number of aromatic nitrogens is 3. The van der Waals surface area contributed by atoms with Crippen LogP contribution in [-0.2, 0) is 6.54 Å². The molecular weight excluding hydrogens is 248 g/mol. The molecule has 2 aromatic heterocycles. The van der Waals surface area contributed by atoms with Crippen molar-refractivity contribution in [2.45, 2.75) is 32.4 Å². The van der Waals surface area contributed by atoms with Crippen molar-refractivity contribution in [2.24, 2.45) is 0 Å². The highest BCUT2D eigenvalue weighted by molar-refractivity contribution is 7.15. The second kappa shape index (κ2) is 4.61. The average molecular weight is 264 g/mol. The van der Waals surface area contributed by atoms with E-state index >= 15 is 0 Å². The van der Waals surface area contributed by atoms with Crippen molar-refractivity contribution in [1.29, 1.82) is 0 Å². The molecule has 0 atom stereocenters. The predicted octanol–water partition coefficient (Wildman–Crippen LogP) is 1.92. The minimum atomic E-state index is 0.0934. The number of imidazole rings is 1. The normalized spacial score (nSPS) is 14.9. The Morgan fingerprint density at radius 2 is 2.33 bits per heavy atom. The third kappa shape index (κ3) is 2.20. The van der Waals surface area contributed by atoms with Crippen LogP contribution in [-0.4, -0.2) is 20.7 Å². The van der Waals surface area contributed by atoms with Gasteiger partial charge in [-0.15, -0.1) is 11.3 Å². The molecular formula is C12H16N4OS. The molecule has 0 saturated heterocycles. The number of anilines is 1. The predicted molar refractivity (Wildman–Crippen MR) is 72.3 cm³/mol. The Hall–Kier alpha value is -1.56. The molecule has 18 heavy (non-hydrogen) atoms. The number of nitrogens with zero attached hydrogens (tertiary/aromatic N) is 3. The minimum absolute atomic E-state index is 0.0934. The van der Waals surface area contributed by atoms with Gasteiger partial charge in [-0.3, -0.25) is 9.13 Å². The topological polar surface area (TPSA) is 51.9 Å². The summed E-state index contributed by atoms with van der Waals surface area (Å²) in [7, 11) is 0. The molecule has 0 amide bonds. The summed E-state index contributed by atoms with van der Waals surface area (Å²) in [6.45, 7) is 3.52. The van der Waals surface area contributed by atoms with E-state index in [0.717, 1.165) is 29.4 Å². The van der Waals surface area contributed by atoms with Crippen LogP contribution in [0.25, 0.3) is 0 Å². The van der Waals surface area contributed by atoms with E-state index in [1.807, 2.05) is 30.1 Å². The Labute approximate surface area is 109 Å². The van der Waals surface area contributed by atoms with E-state index in [1.165, 1.54) is 0 Å². The maximum Gasteiger partial charge on any atom is 0.328 e. The van der Waals surface area contributed by atoms with Crippen LogP contribution in [0.4, 0.5) is 5.13 Å². The molecule has 2 heterocycles. The maximum atomic E-state index is 12.1. The monoisotopic (exact) mass is 264 g/mol. The van der Waals surface area contributed by atoms with Crippen LogP contribution in [0.3, 0.4) is 0 Å². The molecule has 5 nitrogen and oxygen atoms in total. The highest BCUT2D eigenvalue weighted by Crippen LogP contribution is 2.33. The van der Waals surface area contributed by atoms with Gasteiger partial charge in [0.1, 0.15) is 0 Å². The van der Waals surface area contributed by atoms with E-state index in [1.54, 1.807) is 15.9 Å². The number of hydrogen-bond acceptors (Lipinski definition) is 4. The fourth-order valence-electron chi connectivity index (χ4n) is 1.96. The molecule has 1 saturated carbocycles. The van der Waals surface area contributed by atoms with Crippen molar-refractivity contribution in [3.05, 3.63) is 34.0 Å². The Morgan fingerprint density at radius 1 is 1.50 bits per heavy atom. The first kappa shape index (κ1) is 11.5. The van der Waals surface area contributed by atoms with Gasteiger partial charge in [0.2, 0.25) is 0 Å². The molecule has 6 heteroatoms. The Bertz CT molecular complexity index is 593. The number of hydrogen-bond donors (Lipinski definition) is 1. The lowest BCUT2D eigenvalue weighted by Crippen LogP contribution is -2.23. The summed E-state index contributed by atoms with van der Waals surface area (Å²) >= 11 is 1.60. The zero-order valence-corrected chi connectivity index (χ0v) is 11.1. The summed E-state index contributed by atoms with van der Waals surface area (Å²) in [4.78, 5) is 17.5. The van der Waals surface area contributed by atoms with Crippen molar-refractivity contribution in [2.75, 3.05) is 11.9 Å². The highest BCUT2D eigenvalue weighted by Gasteiger charge is 2.25. The van der Waals surface area contributed by atoms with E-state index in [2.05, 4.69) is 10.3 Å². The van der Waals surface area contributed by atoms with Crippen molar-refractivity contribution < 1.29 is 0 Å². The van der Waals surface area contributed by atoms with Gasteiger partial charge >= 0.3 is 5.69 Å². The van der Waals surface area contributed by atoms with Gasteiger partial charge in [-0.05, 0) is 19.8 Å². The van der Waals surface area contributed by atoms with Crippen molar-refractivity contribution >= 4 is 16.5 Å². The fraction of sp³-hybridized carbons (Fsp3) is 0.500. The first-order chi connectivity index (χ1) is 8.78. The Morgan fingerprint density at radius 3 is 3.06 bits per heavy atom. The zero-order valence-electron chi connectivity index (χ0n) is 10.3. The lowest BCUT2D eigenvalue weighted by Gasteiger charge is -1.98. The van der Waals surface area contributed by atoms with Crippen LogP contribution in [0.5, 0.6) is 0 Å². The lowest BCUT2D eigenvalue weighted by atomic mass is 10.5. The third-order valence-electron chi connectivity index (χ3n) is 3.02. The van der Waals surface area contributed by atoms with Crippen LogP contribution < -0.4 is 11.0 Å². The molecule has 3 rings (SSSR count). The van der Waals surface area contributed by atoms with E-state index in [4.69, 9.17) is 0 Å². The van der Waals surface area contributed by atoms with Gasteiger partial charge in [-0.1, -0.05) is 0 Å². The Balaban J connectivity index is 1.76. The second-order valence-electron chi connectivity index (χ2n) is 4.51. The maximum absolute atomic E-state index is 12.1. The quantitative estimate of drug-likeness (QED) is 0.897. The van der Waals surface area contributed by atoms with E-state index in [9.17, 15) is 4.79 Å². The summed E-state index contributed by atoms with van der Waals surface area (Å²) in [5.74, 6) is 0. The first-order valence-corrected chi connectivity index (χ1v) is 7.05. The van der Waals surface area contributed by atoms with Crippen LogP contribution >= 0.6 is 11.3 Å². The molecule has 1 N–H and O–H groups in total. The molecule has 0 radical (unpaired) electrons. The van der Waals surface area contributed by atoms with Gasteiger partial charge in [0.15, 0.2) is 5.13 Å². The van der Waals surface area contributed by atoms with Crippen LogP contribution in [0.15, 0.2) is 23.4 Å². The van der Waals surface area contributed by atoms with Gasteiger partial charge < -0.3 is 5.32 Å². The van der Waals surface area contributed by atoms with Gasteiger partial charge in [-0.2, -0.15) is 0 Å². The van der Waals surface area contributed by atoms with E-state index in [-0.39, 0.29) is 5.69 Å². The average Bonchev–Trinajstić information content (AvgIpc) is 3.01. The van der Waals surface area contributed by atoms with Gasteiger partial charge in [0, 0.05) is 36.1 Å². The fourth-order valence-corrected chi connectivity index (χ4v) is 2.84. The molecule has 1 fully saturated rings. The third-order valence-corrected chi connectivity index (χ3v) is 3.96. The number of nitrogens with one attached hydrogen (secondary N) is 1. The largest absolute Gasteiger partial charge is 0.362 e. The molecule has 0 unspecified atom stereocenters. The van der Waals surface area contributed by atoms with Gasteiger partial charge in [-0.25, -0.2) is 9.78 Å². The van der Waals surface area contributed by atoms with Crippen molar-refractivity contribution in [3.63, 3.8) is 0 Å². The van der Waals surface area contributed by atoms with Crippen molar-refractivity contribution in [1.82, 2.24) is 14.1 Å². The molecule has 1 aliphatic carbocycles. The number of thiazole rings is 1. The SMILES string of the molecule is CCNc1ncc(Cn2ccn(C3CC3)c2=O)s1. The summed E-state index contributed by atoms with van der Waals surface area (Å²) < 4.78 is 3.59. The summed E-state index contributed by atoms with van der Waals surface area (Å²) in [6, 6.07) is 0.442. The Kier molecular flexibility index (Phi) is 2.95. The zero-order chi connectivity index (χ0) is 12.5. The summed E-state index contributed by atoms with van der Waals surface area (Å²) in [5.41, 5.74) is 0.0934. The van der Waals surface area contributed by atoms with Crippen LogP contribution in [0, 0.1) is 0 Å². The van der Waals surface area contributed by atoms with Gasteiger partial charge in [0.25, 0.3) is 0 Å². The first-order valence-electron chi connectivity index (χ1n) is 6.23. The molecule has 0 aromatic carbocycles. The van der Waals surface area contributed by atoms with Crippen molar-refractivity contribution in [3.8, 4) is 0 Å². The smallest absolute Gasteiger partial charge is 0.328 e. The molecule has 0 bridgehead atoms. The van der Waals surface area contributed by atoms with E-state index in [0.29, 0.717) is 12.6 Å². The van der Waals surface area contributed by atoms with Crippen LogP contribution in [0.1, 0.15) is 30.7 Å². The van der Waals surface area contributed by atoms with Crippen LogP contribution in [0.2, 0.25) is 0 Å². The lowest BCUT2D eigenvalue weighted by molar-refractivity contribution is 0.658. The van der Waals surface area contributed by atoms with Gasteiger partial charge in [0.05, 0.1) is 6.54 Å². The second-order valence-corrected chi connectivity index (χ2v) is 5.62. The highest BCUT2D eigenvalue weighted by atomic mass is 32.1. The molecule has 0 spiro atoms. The molecule has 96 valence electrons. The molecule has 0 aliphatic heterocycles. The summed E-state index contributed by atoms with van der Waals surface area (Å²) in [6.07, 6.45) is 7.87. The summed E-state index contributed by atoms with van der Waals surface area (Å²) in [5, 5.41) is 4.10. The van der Waals surface area contributed by atoms with E-state index < -0.39 is 0 Å². The molecule has 1 aliphatic rings. The molecule has 2 aromatic rings.